The Morgan fingerprint density at radius 1 is 0.578 bits per heavy atom. The summed E-state index contributed by atoms with van der Waals surface area (Å²) in [6.45, 7) is 4.76. The molecule has 0 saturated heterocycles. The van der Waals surface area contributed by atoms with Crippen LogP contribution in [-0.4, -0.2) is 7.42 Å². The Labute approximate surface area is 292 Å². The number of hydrogen-bond acceptors (Lipinski definition) is 0. The van der Waals surface area contributed by atoms with E-state index in [1.165, 1.54) is 50.1 Å². The molecule has 0 bridgehead atoms. The molecule has 0 aromatic heterocycles. The molecule has 0 nitrogen and oxygen atoms in total. The van der Waals surface area contributed by atoms with E-state index >= 15 is 0 Å². The third kappa shape index (κ3) is 6.24. The fourth-order valence-electron chi connectivity index (χ4n) is 7.45. The average molecular weight is 746 g/mol. The number of benzene rings is 5. The van der Waals surface area contributed by atoms with Crippen molar-refractivity contribution >= 4 is 36.2 Å². The molecule has 1 atom stereocenters. The molecule has 7 rings (SSSR count). The smallest absolute Gasteiger partial charge is 1.00 e. The van der Waals surface area contributed by atoms with Crippen molar-refractivity contribution in [2.45, 2.75) is 17.5 Å². The Hall–Kier alpha value is -2.64. The Morgan fingerprint density at radius 3 is 1.51 bits per heavy atom. The summed E-state index contributed by atoms with van der Waals surface area (Å²) in [5.74, 6) is 0.304. The Bertz CT molecular complexity index is 1930. The number of allylic oxidation sites excluding steroid dienone is 4. The van der Waals surface area contributed by atoms with E-state index in [0.29, 0.717) is 5.92 Å². The third-order valence-electron chi connectivity index (χ3n) is 9.09. The minimum atomic E-state index is -3.91. The second-order valence-corrected chi connectivity index (χ2v) is 21.3. The molecule has 1 unspecified atom stereocenters. The second-order valence-electron chi connectivity index (χ2n) is 11.7. The molecular formula is C40H32Cl4Zr. The molecule has 5 aromatic rings. The number of rotatable bonds is 5. The van der Waals surface area contributed by atoms with E-state index in [0.717, 1.165) is 10.0 Å². The van der Waals surface area contributed by atoms with Gasteiger partial charge in [0, 0.05) is 0 Å². The first-order valence-corrected chi connectivity index (χ1v) is 21.1. The van der Waals surface area contributed by atoms with Crippen molar-refractivity contribution < 1.29 is 44.1 Å². The van der Waals surface area contributed by atoms with E-state index in [1.807, 2.05) is 24.3 Å². The van der Waals surface area contributed by atoms with Gasteiger partial charge in [0.2, 0.25) is 0 Å². The van der Waals surface area contributed by atoms with Crippen molar-refractivity contribution in [3.8, 4) is 11.1 Å². The summed E-state index contributed by atoms with van der Waals surface area (Å²) in [7, 11) is 0. The molecular weight excluding hydrogens is 713 g/mol. The summed E-state index contributed by atoms with van der Waals surface area (Å²) in [5.41, 5.74) is 12.1. The maximum atomic E-state index is 6.41. The molecule has 0 saturated carbocycles. The van der Waals surface area contributed by atoms with E-state index in [4.69, 9.17) is 23.2 Å². The van der Waals surface area contributed by atoms with E-state index in [9.17, 15) is 0 Å². The summed E-state index contributed by atoms with van der Waals surface area (Å²) >= 11 is 8.92. The fourth-order valence-corrected chi connectivity index (χ4v) is 21.8. The van der Waals surface area contributed by atoms with Gasteiger partial charge in [0.05, 0.1) is 0 Å². The maximum absolute atomic E-state index is 6.41. The average Bonchev–Trinajstić information content (AvgIpc) is 3.53. The van der Waals surface area contributed by atoms with Crippen LogP contribution in [0.15, 0.2) is 142 Å². The van der Waals surface area contributed by atoms with Crippen LogP contribution in [0.4, 0.5) is 0 Å². The van der Waals surface area contributed by atoms with Crippen LogP contribution in [0.1, 0.15) is 45.3 Å². The molecule has 0 aliphatic heterocycles. The van der Waals surface area contributed by atoms with Crippen LogP contribution in [0.3, 0.4) is 0 Å². The van der Waals surface area contributed by atoms with Crippen LogP contribution in [0.25, 0.3) is 16.7 Å². The minimum Gasteiger partial charge on any atom is -1.00 e. The van der Waals surface area contributed by atoms with Crippen molar-refractivity contribution in [1.82, 2.24) is 0 Å². The second kappa shape index (κ2) is 14.0. The van der Waals surface area contributed by atoms with Crippen LogP contribution < -0.4 is 24.8 Å². The Balaban J connectivity index is 0.00000200. The SMILES string of the molecule is CC1=[C]([Zr+2](=[CH]c2ccc(Cl)cc2)(=[CH]c2ccc(Cl)cc2)[CH]2c3ccccc3-c3ccccc32)C(C)C=C1c1ccccc1.[Cl-].[Cl-]. The van der Waals surface area contributed by atoms with Crippen molar-refractivity contribution in [2.24, 2.45) is 5.92 Å². The summed E-state index contributed by atoms with van der Waals surface area (Å²) < 4.78 is 7.28. The Morgan fingerprint density at radius 2 is 1.02 bits per heavy atom. The first-order chi connectivity index (χ1) is 20.9. The van der Waals surface area contributed by atoms with Crippen LogP contribution in [0, 0.1) is 5.92 Å². The first kappa shape index (κ1) is 33.7. The van der Waals surface area contributed by atoms with Gasteiger partial charge in [-0.25, -0.2) is 0 Å². The summed E-state index contributed by atoms with van der Waals surface area (Å²) in [6, 6.07) is 45.9. The van der Waals surface area contributed by atoms with E-state index in [-0.39, 0.29) is 28.4 Å². The number of halogens is 4. The fraction of sp³-hybridized carbons (Fsp3) is 0.100. The van der Waals surface area contributed by atoms with Gasteiger partial charge in [-0.3, -0.25) is 0 Å². The van der Waals surface area contributed by atoms with Gasteiger partial charge in [-0.05, 0) is 0 Å². The van der Waals surface area contributed by atoms with Crippen molar-refractivity contribution in [2.75, 3.05) is 0 Å². The summed E-state index contributed by atoms with van der Waals surface area (Å²) in [4.78, 5) is 0. The first-order valence-electron chi connectivity index (χ1n) is 14.8. The predicted octanol–water partition coefficient (Wildman–Crippen LogP) is 4.93. The van der Waals surface area contributed by atoms with Gasteiger partial charge in [-0.15, -0.1) is 0 Å². The van der Waals surface area contributed by atoms with Gasteiger partial charge in [-0.1, -0.05) is 0 Å². The van der Waals surface area contributed by atoms with Crippen molar-refractivity contribution in [1.29, 1.82) is 0 Å². The van der Waals surface area contributed by atoms with Crippen LogP contribution in [0.2, 0.25) is 10.0 Å². The molecule has 45 heavy (non-hydrogen) atoms. The zero-order valence-electron chi connectivity index (χ0n) is 25.0. The Kier molecular flexibility index (Phi) is 10.5. The molecule has 0 N–H and O–H groups in total. The number of hydrogen-bond donors (Lipinski definition) is 0. The van der Waals surface area contributed by atoms with Crippen molar-refractivity contribution in [3.63, 3.8) is 0 Å². The van der Waals surface area contributed by atoms with Crippen LogP contribution in [0.5, 0.6) is 0 Å². The van der Waals surface area contributed by atoms with Crippen LogP contribution >= 0.6 is 23.2 Å². The molecule has 5 aromatic carbocycles. The van der Waals surface area contributed by atoms with Gasteiger partial charge in [-0.2, -0.15) is 0 Å². The zero-order valence-corrected chi connectivity index (χ0v) is 30.5. The molecule has 5 heteroatoms. The standard InChI is InChI=1S/C13H9.C13H13.2C7H5Cl.2ClH.Zr/c1-3-7-12-10(5-1)9-11-6-2-4-8-13(11)12;1-10-8-11(2)13(9-10)12-6-4-3-5-7-12;2*1-6-2-4-7(8)5-3-6;;;/h1-9H;3-7,9-10H,1-2H3;2*1-5H;2*1H;/q;;;;;;+2/p-2. The topological polar surface area (TPSA) is 0 Å². The molecule has 2 aliphatic rings. The molecule has 0 heterocycles. The number of fused-ring (bicyclic) bond motifs is 3. The van der Waals surface area contributed by atoms with E-state index in [2.05, 4.69) is 130 Å². The van der Waals surface area contributed by atoms with E-state index in [1.54, 1.807) is 3.28 Å². The van der Waals surface area contributed by atoms with Gasteiger partial charge >= 0.3 is 270 Å². The zero-order chi connectivity index (χ0) is 29.6. The van der Waals surface area contributed by atoms with Gasteiger partial charge in [0.1, 0.15) is 0 Å². The largest absolute Gasteiger partial charge is 1.00 e. The summed E-state index contributed by atoms with van der Waals surface area (Å²) in [5, 5.41) is 1.52. The van der Waals surface area contributed by atoms with Crippen molar-refractivity contribution in [3.05, 3.63) is 180 Å². The predicted molar refractivity (Wildman–Crippen MR) is 183 cm³/mol. The third-order valence-corrected chi connectivity index (χ3v) is 21.8. The molecule has 0 radical (unpaired) electrons. The monoisotopic (exact) mass is 742 g/mol. The molecule has 0 amide bonds. The summed E-state index contributed by atoms with van der Waals surface area (Å²) in [6.07, 6.45) is 2.50. The van der Waals surface area contributed by atoms with Gasteiger partial charge < -0.3 is 24.8 Å². The molecule has 0 spiro atoms. The maximum Gasteiger partial charge on any atom is -1.00 e. The van der Waals surface area contributed by atoms with E-state index < -0.39 is 19.3 Å². The molecule has 0 fully saturated rings. The van der Waals surface area contributed by atoms with Gasteiger partial charge in [0.15, 0.2) is 0 Å². The molecule has 224 valence electrons. The van der Waals surface area contributed by atoms with Gasteiger partial charge in [0.25, 0.3) is 0 Å². The molecule has 2 aliphatic carbocycles. The van der Waals surface area contributed by atoms with Crippen LogP contribution in [-0.2, 0) is 19.3 Å². The normalized spacial score (nSPS) is 14.7. The quantitative estimate of drug-likeness (QED) is 0.240. The minimum absolute atomic E-state index is 0.